The lowest BCUT2D eigenvalue weighted by Gasteiger charge is -2.16. The van der Waals surface area contributed by atoms with Crippen molar-refractivity contribution in [2.75, 3.05) is 0 Å². The summed E-state index contributed by atoms with van der Waals surface area (Å²) in [5.74, 6) is 0.829. The molecule has 0 fully saturated rings. The van der Waals surface area contributed by atoms with E-state index in [9.17, 15) is 9.59 Å². The van der Waals surface area contributed by atoms with Gasteiger partial charge in [0.15, 0.2) is 5.76 Å². The summed E-state index contributed by atoms with van der Waals surface area (Å²) in [7, 11) is 0. The van der Waals surface area contributed by atoms with Crippen LogP contribution in [0.5, 0.6) is 11.5 Å². The van der Waals surface area contributed by atoms with Crippen LogP contribution in [0, 0.1) is 5.41 Å². The second kappa shape index (κ2) is 5.43. The molecule has 1 aromatic heterocycles. The topological polar surface area (TPSA) is 65.7 Å². The molecular weight excluding hydrogens is 296 g/mol. The summed E-state index contributed by atoms with van der Waals surface area (Å²) in [4.78, 5) is 24.2. The first-order valence-electron chi connectivity index (χ1n) is 7.19. The number of ketones is 1. The maximum Gasteiger partial charge on any atom is 0.316 e. The van der Waals surface area contributed by atoms with Gasteiger partial charge in [-0.25, -0.2) is 0 Å². The Morgan fingerprint density at radius 3 is 2.65 bits per heavy atom. The summed E-state index contributed by atoms with van der Waals surface area (Å²) < 4.78 is 16.1. The van der Waals surface area contributed by atoms with Crippen molar-refractivity contribution < 1.29 is 23.5 Å². The molecule has 0 spiro atoms. The third-order valence-corrected chi connectivity index (χ3v) is 3.28. The number of hydrogen-bond acceptors (Lipinski definition) is 5. The zero-order valence-electron chi connectivity index (χ0n) is 13.1. The smallest absolute Gasteiger partial charge is 0.316 e. The first-order chi connectivity index (χ1) is 10.8. The summed E-state index contributed by atoms with van der Waals surface area (Å²) >= 11 is 0. The minimum Gasteiger partial charge on any atom is -0.465 e. The molecule has 2 heterocycles. The summed E-state index contributed by atoms with van der Waals surface area (Å²) in [6, 6.07) is 8.16. The second-order valence-corrected chi connectivity index (χ2v) is 6.25. The van der Waals surface area contributed by atoms with Gasteiger partial charge in [-0.3, -0.25) is 9.59 Å². The highest BCUT2D eigenvalue weighted by atomic mass is 16.5. The highest BCUT2D eigenvalue weighted by molar-refractivity contribution is 6.14. The van der Waals surface area contributed by atoms with Crippen LogP contribution in [0.3, 0.4) is 0 Å². The van der Waals surface area contributed by atoms with Crippen molar-refractivity contribution in [1.82, 2.24) is 0 Å². The van der Waals surface area contributed by atoms with Gasteiger partial charge in [0.25, 0.3) is 0 Å². The molecule has 5 nitrogen and oxygen atoms in total. The van der Waals surface area contributed by atoms with Crippen molar-refractivity contribution in [2.24, 2.45) is 5.41 Å². The molecule has 5 heteroatoms. The standard InChI is InChI=1S/C18H16O5/c1-18(2,3)17(20)22-12-6-7-13-14(10-12)23-15(16(13)19)9-11-5-4-8-21-11/h4-10H,1-3H3. The molecule has 1 aliphatic rings. The monoisotopic (exact) mass is 312 g/mol. The number of Topliss-reactive ketones (excluding diaryl/α,β-unsaturated/α-hetero) is 1. The summed E-state index contributed by atoms with van der Waals surface area (Å²) in [6.45, 7) is 5.31. The van der Waals surface area contributed by atoms with Gasteiger partial charge in [0.1, 0.15) is 17.3 Å². The van der Waals surface area contributed by atoms with Crippen LogP contribution >= 0.6 is 0 Å². The lowest BCUT2D eigenvalue weighted by molar-refractivity contribution is -0.142. The number of fused-ring (bicyclic) bond motifs is 1. The summed E-state index contributed by atoms with van der Waals surface area (Å²) in [6.07, 6.45) is 3.05. The maximum atomic E-state index is 12.3. The van der Waals surface area contributed by atoms with Gasteiger partial charge in [0.05, 0.1) is 17.2 Å². The Hall–Kier alpha value is -2.82. The molecule has 1 aliphatic heterocycles. The van der Waals surface area contributed by atoms with Crippen molar-refractivity contribution in [1.29, 1.82) is 0 Å². The fourth-order valence-electron chi connectivity index (χ4n) is 1.99. The highest BCUT2D eigenvalue weighted by Crippen LogP contribution is 2.35. The van der Waals surface area contributed by atoms with Crippen molar-refractivity contribution in [3.8, 4) is 11.5 Å². The number of esters is 1. The van der Waals surface area contributed by atoms with E-state index in [1.54, 1.807) is 51.1 Å². The van der Waals surface area contributed by atoms with Gasteiger partial charge >= 0.3 is 5.97 Å². The SMILES string of the molecule is CC(C)(C)C(=O)Oc1ccc2c(c1)OC(=Cc1ccco1)C2=O. The van der Waals surface area contributed by atoms with Gasteiger partial charge in [-0.1, -0.05) is 0 Å². The van der Waals surface area contributed by atoms with Crippen LogP contribution in [-0.4, -0.2) is 11.8 Å². The number of carbonyl (C=O) groups is 2. The van der Waals surface area contributed by atoms with Crippen molar-refractivity contribution in [2.45, 2.75) is 20.8 Å². The zero-order chi connectivity index (χ0) is 16.6. The molecule has 0 N–H and O–H groups in total. The Morgan fingerprint density at radius 1 is 1.22 bits per heavy atom. The van der Waals surface area contributed by atoms with Crippen LogP contribution in [-0.2, 0) is 4.79 Å². The van der Waals surface area contributed by atoms with E-state index in [2.05, 4.69) is 0 Å². The van der Waals surface area contributed by atoms with Crippen molar-refractivity contribution in [3.05, 3.63) is 53.7 Å². The second-order valence-electron chi connectivity index (χ2n) is 6.25. The first kappa shape index (κ1) is 15.1. The van der Waals surface area contributed by atoms with Gasteiger partial charge < -0.3 is 13.9 Å². The minimum absolute atomic E-state index is 0.175. The number of ether oxygens (including phenoxy) is 2. The molecule has 23 heavy (non-hydrogen) atoms. The van der Waals surface area contributed by atoms with Gasteiger partial charge in [-0.2, -0.15) is 0 Å². The van der Waals surface area contributed by atoms with Crippen LogP contribution in [0.1, 0.15) is 36.9 Å². The van der Waals surface area contributed by atoms with E-state index in [1.807, 2.05) is 0 Å². The molecule has 0 radical (unpaired) electrons. The van der Waals surface area contributed by atoms with Gasteiger partial charge in [0, 0.05) is 12.1 Å². The Labute approximate surface area is 133 Å². The van der Waals surface area contributed by atoms with E-state index in [0.717, 1.165) is 0 Å². The quantitative estimate of drug-likeness (QED) is 0.479. The van der Waals surface area contributed by atoms with Crippen molar-refractivity contribution >= 4 is 17.8 Å². The lowest BCUT2D eigenvalue weighted by atomic mass is 9.97. The number of rotatable bonds is 2. The van der Waals surface area contributed by atoms with Crippen LogP contribution < -0.4 is 9.47 Å². The fraction of sp³-hybridized carbons (Fsp3) is 0.222. The molecule has 0 saturated heterocycles. The number of allylic oxidation sites excluding steroid dienone is 1. The summed E-state index contributed by atoms with van der Waals surface area (Å²) in [5.41, 5.74) is -0.182. The maximum absolute atomic E-state index is 12.3. The van der Waals surface area contributed by atoms with Crippen LogP contribution in [0.15, 0.2) is 46.8 Å². The average Bonchev–Trinajstić information content (AvgIpc) is 3.07. The molecule has 0 atom stereocenters. The van der Waals surface area contributed by atoms with Crippen LogP contribution in [0.2, 0.25) is 0 Å². The molecule has 1 aromatic carbocycles. The molecule has 0 bridgehead atoms. The normalized spacial score (nSPS) is 15.4. The molecule has 0 saturated carbocycles. The lowest BCUT2D eigenvalue weighted by Crippen LogP contribution is -2.25. The third kappa shape index (κ3) is 3.04. The van der Waals surface area contributed by atoms with Crippen LogP contribution in [0.25, 0.3) is 6.08 Å². The molecule has 118 valence electrons. The van der Waals surface area contributed by atoms with E-state index in [1.165, 1.54) is 12.3 Å². The highest BCUT2D eigenvalue weighted by Gasteiger charge is 2.29. The molecular formula is C18H16O5. The third-order valence-electron chi connectivity index (χ3n) is 3.28. The largest absolute Gasteiger partial charge is 0.465 e. The van der Waals surface area contributed by atoms with E-state index in [0.29, 0.717) is 22.8 Å². The van der Waals surface area contributed by atoms with Gasteiger partial charge in [-0.05, 0) is 45.0 Å². The average molecular weight is 312 g/mol. The minimum atomic E-state index is -0.611. The zero-order valence-corrected chi connectivity index (χ0v) is 13.1. The van der Waals surface area contributed by atoms with E-state index < -0.39 is 5.41 Å². The Bertz CT molecular complexity index is 791. The van der Waals surface area contributed by atoms with E-state index in [4.69, 9.17) is 13.9 Å². The fourth-order valence-corrected chi connectivity index (χ4v) is 1.99. The Kier molecular flexibility index (Phi) is 3.56. The molecule has 2 aromatic rings. The van der Waals surface area contributed by atoms with Gasteiger partial charge in [-0.15, -0.1) is 0 Å². The molecule has 0 amide bonds. The molecule has 0 aliphatic carbocycles. The molecule has 3 rings (SSSR count). The Morgan fingerprint density at radius 2 is 2.00 bits per heavy atom. The number of carbonyl (C=O) groups excluding carboxylic acids is 2. The van der Waals surface area contributed by atoms with Gasteiger partial charge in [0.2, 0.25) is 5.78 Å². The number of hydrogen-bond donors (Lipinski definition) is 0. The van der Waals surface area contributed by atoms with E-state index in [-0.39, 0.29) is 17.5 Å². The van der Waals surface area contributed by atoms with Crippen LogP contribution in [0.4, 0.5) is 0 Å². The predicted octanol–water partition coefficient (Wildman–Crippen LogP) is 3.85. The number of benzene rings is 1. The number of furan rings is 1. The summed E-state index contributed by atoms with van der Waals surface area (Å²) in [5, 5.41) is 0. The van der Waals surface area contributed by atoms with Crippen molar-refractivity contribution in [3.63, 3.8) is 0 Å². The van der Waals surface area contributed by atoms with E-state index >= 15 is 0 Å². The first-order valence-corrected chi connectivity index (χ1v) is 7.19. The molecule has 0 unspecified atom stereocenters. The predicted molar refractivity (Wildman–Crippen MR) is 83.2 cm³/mol. The Balaban J connectivity index is 1.84.